The Morgan fingerprint density at radius 1 is 1.47 bits per heavy atom. The van der Waals surface area contributed by atoms with Crippen LogP contribution < -0.4 is 10.6 Å². The molecule has 1 aromatic rings. The van der Waals surface area contributed by atoms with Crippen LogP contribution in [0, 0.1) is 0 Å². The van der Waals surface area contributed by atoms with Gasteiger partial charge in [-0.15, -0.1) is 0 Å². The van der Waals surface area contributed by atoms with Gasteiger partial charge in [0.15, 0.2) is 0 Å². The number of carbonyl (C=O) groups excluding carboxylic acids is 1. The number of anilines is 1. The van der Waals surface area contributed by atoms with Crippen molar-refractivity contribution in [2.75, 3.05) is 18.0 Å². The summed E-state index contributed by atoms with van der Waals surface area (Å²) in [6, 6.07) is 6.97. The van der Waals surface area contributed by atoms with Crippen LogP contribution in [0.25, 0.3) is 0 Å². The van der Waals surface area contributed by atoms with Crippen LogP contribution in [0.3, 0.4) is 0 Å². The van der Waals surface area contributed by atoms with Crippen molar-refractivity contribution < 1.29 is 13.6 Å². The van der Waals surface area contributed by atoms with E-state index in [0.29, 0.717) is 24.2 Å². The molecule has 1 heterocycles. The summed E-state index contributed by atoms with van der Waals surface area (Å²) in [6.07, 6.45) is -2.02. The van der Waals surface area contributed by atoms with Crippen molar-refractivity contribution in [3.8, 4) is 0 Å². The van der Waals surface area contributed by atoms with Gasteiger partial charge in [-0.3, -0.25) is 4.79 Å². The van der Waals surface area contributed by atoms with Crippen LogP contribution in [0.4, 0.5) is 14.5 Å². The van der Waals surface area contributed by atoms with E-state index in [1.807, 2.05) is 0 Å². The van der Waals surface area contributed by atoms with Crippen LogP contribution in [0.5, 0.6) is 0 Å². The minimum atomic E-state index is -2.37. The fourth-order valence-corrected chi connectivity index (χ4v) is 2.27. The minimum Gasteiger partial charge on any atom is -0.368 e. The molecular formula is C12H14F2N2O. The molecule has 1 aliphatic rings. The Labute approximate surface area is 98.2 Å². The molecule has 1 aliphatic heterocycles. The number of carbonyl (C=O) groups is 1. The number of primary amides is 1. The minimum absolute atomic E-state index is 0.0764. The second-order valence-corrected chi connectivity index (χ2v) is 4.18. The summed E-state index contributed by atoms with van der Waals surface area (Å²) in [6.45, 7) is 0.516. The fraction of sp³-hybridized carbons (Fsp3) is 0.417. The smallest absolute Gasteiger partial charge is 0.245 e. The van der Waals surface area contributed by atoms with Gasteiger partial charge in [-0.2, -0.15) is 0 Å². The molecule has 0 aliphatic carbocycles. The molecule has 1 amide bonds. The number of para-hydroxylation sites is 1. The number of nitrogens with two attached hydrogens (primary N) is 1. The zero-order valence-electron chi connectivity index (χ0n) is 9.27. The quantitative estimate of drug-likeness (QED) is 0.874. The number of alkyl halides is 2. The molecule has 2 rings (SSSR count). The lowest BCUT2D eigenvalue weighted by molar-refractivity contribution is -0.116. The molecule has 2 N–H and O–H groups in total. The van der Waals surface area contributed by atoms with Gasteiger partial charge >= 0.3 is 0 Å². The molecule has 5 heteroatoms. The highest BCUT2D eigenvalue weighted by molar-refractivity contribution is 5.80. The molecule has 0 fully saturated rings. The second kappa shape index (κ2) is 4.69. The molecular weight excluding hydrogens is 226 g/mol. The van der Waals surface area contributed by atoms with Gasteiger partial charge in [0.2, 0.25) is 12.3 Å². The fourth-order valence-electron chi connectivity index (χ4n) is 2.27. The van der Waals surface area contributed by atoms with Gasteiger partial charge in [-0.05, 0) is 18.1 Å². The summed E-state index contributed by atoms with van der Waals surface area (Å²) >= 11 is 0. The number of amides is 1. The summed E-state index contributed by atoms with van der Waals surface area (Å²) in [5.74, 6) is -1.19. The standard InChI is InChI=1S/C12H14F2N2O/c13-12(14)9-5-6-16(7-11(15)17)10-4-2-1-3-8(9)10/h1-4,9,12H,5-7H2,(H2,15,17)/t9-/m1/s1. The third-order valence-corrected chi connectivity index (χ3v) is 3.04. The highest BCUT2D eigenvalue weighted by Crippen LogP contribution is 2.38. The van der Waals surface area contributed by atoms with Crippen molar-refractivity contribution in [2.45, 2.75) is 18.8 Å². The van der Waals surface area contributed by atoms with E-state index >= 15 is 0 Å². The van der Waals surface area contributed by atoms with E-state index in [9.17, 15) is 13.6 Å². The third kappa shape index (κ3) is 2.38. The van der Waals surface area contributed by atoms with E-state index in [4.69, 9.17) is 5.73 Å². The van der Waals surface area contributed by atoms with Crippen molar-refractivity contribution >= 4 is 11.6 Å². The van der Waals surface area contributed by atoms with Gasteiger partial charge < -0.3 is 10.6 Å². The molecule has 17 heavy (non-hydrogen) atoms. The van der Waals surface area contributed by atoms with Crippen molar-refractivity contribution in [3.05, 3.63) is 29.8 Å². The van der Waals surface area contributed by atoms with Crippen molar-refractivity contribution in [1.82, 2.24) is 0 Å². The molecule has 0 aromatic heterocycles. The first-order valence-corrected chi connectivity index (χ1v) is 5.50. The zero-order valence-corrected chi connectivity index (χ0v) is 9.27. The van der Waals surface area contributed by atoms with E-state index in [0.717, 1.165) is 0 Å². The lowest BCUT2D eigenvalue weighted by Gasteiger charge is -2.34. The Kier molecular flexibility index (Phi) is 3.26. The highest BCUT2D eigenvalue weighted by Gasteiger charge is 2.31. The molecule has 0 saturated carbocycles. The maximum atomic E-state index is 12.9. The molecule has 0 bridgehead atoms. The first kappa shape index (κ1) is 11.8. The van der Waals surface area contributed by atoms with Gasteiger partial charge in [0.1, 0.15) is 0 Å². The molecule has 0 spiro atoms. The number of benzene rings is 1. The van der Waals surface area contributed by atoms with Gasteiger partial charge in [-0.1, -0.05) is 18.2 Å². The lowest BCUT2D eigenvalue weighted by atomic mass is 9.90. The largest absolute Gasteiger partial charge is 0.368 e. The Morgan fingerprint density at radius 3 is 2.82 bits per heavy atom. The topological polar surface area (TPSA) is 46.3 Å². The first-order chi connectivity index (χ1) is 8.09. The van der Waals surface area contributed by atoms with Crippen molar-refractivity contribution in [2.24, 2.45) is 5.73 Å². The maximum Gasteiger partial charge on any atom is 0.245 e. The number of rotatable bonds is 3. The van der Waals surface area contributed by atoms with Crippen molar-refractivity contribution in [3.63, 3.8) is 0 Å². The second-order valence-electron chi connectivity index (χ2n) is 4.18. The summed E-state index contributed by atoms with van der Waals surface area (Å²) in [5, 5.41) is 0. The zero-order chi connectivity index (χ0) is 12.4. The van der Waals surface area contributed by atoms with Crippen LogP contribution in [-0.4, -0.2) is 25.4 Å². The summed E-state index contributed by atoms with van der Waals surface area (Å²) in [5.41, 5.74) is 6.45. The number of nitrogens with zero attached hydrogens (tertiary/aromatic N) is 1. The van der Waals surface area contributed by atoms with Gasteiger partial charge in [0.05, 0.1) is 6.54 Å². The van der Waals surface area contributed by atoms with Crippen LogP contribution in [-0.2, 0) is 4.79 Å². The van der Waals surface area contributed by atoms with Crippen LogP contribution in [0.1, 0.15) is 17.9 Å². The molecule has 1 atom stereocenters. The third-order valence-electron chi connectivity index (χ3n) is 3.04. The monoisotopic (exact) mass is 240 g/mol. The average Bonchev–Trinajstić information content (AvgIpc) is 2.28. The molecule has 1 aromatic carbocycles. The van der Waals surface area contributed by atoms with E-state index in [-0.39, 0.29) is 6.54 Å². The Hall–Kier alpha value is -1.65. The lowest BCUT2D eigenvalue weighted by Crippen LogP contribution is -2.39. The van der Waals surface area contributed by atoms with Crippen LogP contribution >= 0.6 is 0 Å². The summed E-state index contributed by atoms with van der Waals surface area (Å²) in [4.78, 5) is 12.7. The molecule has 92 valence electrons. The predicted molar refractivity (Wildman–Crippen MR) is 61.2 cm³/mol. The Morgan fingerprint density at radius 2 is 2.18 bits per heavy atom. The average molecular weight is 240 g/mol. The molecule has 3 nitrogen and oxygen atoms in total. The molecule has 0 unspecified atom stereocenters. The number of hydrogen-bond donors (Lipinski definition) is 1. The highest BCUT2D eigenvalue weighted by atomic mass is 19.3. The molecule has 0 saturated heterocycles. The van der Waals surface area contributed by atoms with Crippen LogP contribution in [0.15, 0.2) is 24.3 Å². The van der Waals surface area contributed by atoms with Crippen LogP contribution in [0.2, 0.25) is 0 Å². The van der Waals surface area contributed by atoms with Gasteiger partial charge in [-0.25, -0.2) is 8.78 Å². The predicted octanol–water partition coefficient (Wildman–Crippen LogP) is 1.73. The molecule has 0 radical (unpaired) electrons. The Bertz CT molecular complexity index is 423. The number of hydrogen-bond acceptors (Lipinski definition) is 2. The summed E-state index contributed by atoms with van der Waals surface area (Å²) in [7, 11) is 0. The maximum absolute atomic E-state index is 12.9. The number of fused-ring (bicyclic) bond motifs is 1. The van der Waals surface area contributed by atoms with Crippen molar-refractivity contribution in [1.29, 1.82) is 0 Å². The van der Waals surface area contributed by atoms with E-state index in [1.165, 1.54) is 0 Å². The van der Waals surface area contributed by atoms with Gasteiger partial charge in [0, 0.05) is 18.2 Å². The Balaban J connectivity index is 2.33. The van der Waals surface area contributed by atoms with E-state index in [2.05, 4.69) is 0 Å². The van der Waals surface area contributed by atoms with E-state index < -0.39 is 18.3 Å². The van der Waals surface area contributed by atoms with Gasteiger partial charge in [0.25, 0.3) is 0 Å². The SMILES string of the molecule is NC(=O)CN1CC[C@@H](C(F)F)c2ccccc21. The number of halogens is 2. The summed E-state index contributed by atoms with van der Waals surface area (Å²) < 4.78 is 25.8. The normalized spacial score (nSPS) is 19.2. The van der Waals surface area contributed by atoms with E-state index in [1.54, 1.807) is 29.2 Å². The first-order valence-electron chi connectivity index (χ1n) is 5.50.